The molecule has 3 aromatic carbocycles. The molecule has 60 heavy (non-hydrogen) atoms. The van der Waals surface area contributed by atoms with E-state index in [1.165, 1.54) is 12.0 Å². The van der Waals surface area contributed by atoms with Crippen LogP contribution in [0.5, 0.6) is 0 Å². The molecule has 2 aromatic heterocycles. The van der Waals surface area contributed by atoms with Gasteiger partial charge >= 0.3 is 0 Å². The fraction of sp³-hybridized carbons (Fsp3) is 0.383. The summed E-state index contributed by atoms with van der Waals surface area (Å²) in [6.07, 6.45) is 9.59. The first kappa shape index (κ1) is 39.3. The van der Waals surface area contributed by atoms with Crippen LogP contribution in [-0.2, 0) is 9.59 Å². The Morgan fingerprint density at radius 2 is 1.55 bits per heavy atom. The van der Waals surface area contributed by atoms with Crippen LogP contribution >= 0.6 is 0 Å². The summed E-state index contributed by atoms with van der Waals surface area (Å²) in [7, 11) is 3.52. The molecule has 13 nitrogen and oxygen atoms in total. The van der Waals surface area contributed by atoms with E-state index in [4.69, 9.17) is 9.97 Å². The van der Waals surface area contributed by atoms with Gasteiger partial charge in [0, 0.05) is 62.2 Å². The van der Waals surface area contributed by atoms with E-state index in [0.29, 0.717) is 28.5 Å². The van der Waals surface area contributed by atoms with Crippen LogP contribution in [0.15, 0.2) is 73.1 Å². The van der Waals surface area contributed by atoms with E-state index < -0.39 is 23.8 Å². The van der Waals surface area contributed by atoms with Crippen molar-refractivity contribution in [1.82, 2.24) is 35.0 Å². The average Bonchev–Trinajstić information content (AvgIpc) is 3.80. The molecule has 5 aromatic rings. The van der Waals surface area contributed by atoms with Gasteiger partial charge in [-0.25, -0.2) is 9.97 Å². The second kappa shape index (κ2) is 16.1. The van der Waals surface area contributed by atoms with E-state index in [0.717, 1.165) is 108 Å². The third kappa shape index (κ3) is 7.46. The molecule has 1 atom stereocenters. The summed E-state index contributed by atoms with van der Waals surface area (Å²) >= 11 is 0. The maximum absolute atomic E-state index is 13.3. The highest BCUT2D eigenvalue weighted by Crippen LogP contribution is 2.35. The number of benzene rings is 3. The lowest BCUT2D eigenvalue weighted by Gasteiger charge is -2.36. The third-order valence-corrected chi connectivity index (χ3v) is 13.1. The molecule has 0 radical (unpaired) electrons. The minimum Gasteiger partial charge on any atom is -0.371 e. The lowest BCUT2D eigenvalue weighted by atomic mass is 9.88. The van der Waals surface area contributed by atoms with Gasteiger partial charge in [0.25, 0.3) is 17.7 Å². The van der Waals surface area contributed by atoms with Gasteiger partial charge in [0.05, 0.1) is 23.0 Å². The molecule has 308 valence electrons. The van der Waals surface area contributed by atoms with Gasteiger partial charge in [0.15, 0.2) is 5.65 Å². The van der Waals surface area contributed by atoms with Crippen LogP contribution in [0.3, 0.4) is 0 Å². The number of aromatic nitrogens is 3. The highest BCUT2D eigenvalue weighted by atomic mass is 16.2. The number of carbonyl (C=O) groups is 5. The number of nitrogens with zero attached hydrogens (tertiary/aromatic N) is 6. The molecule has 9 rings (SSSR count). The molecule has 0 spiro atoms. The molecule has 3 fully saturated rings. The number of anilines is 1. The Morgan fingerprint density at radius 3 is 2.27 bits per heavy atom. The lowest BCUT2D eigenvalue weighted by Crippen LogP contribution is -2.54. The van der Waals surface area contributed by atoms with Crippen molar-refractivity contribution in [3.05, 3.63) is 101 Å². The predicted molar refractivity (Wildman–Crippen MR) is 229 cm³/mol. The minimum atomic E-state index is -0.959. The topological polar surface area (TPSA) is 152 Å². The third-order valence-electron chi connectivity index (χ3n) is 13.1. The second-order valence-electron chi connectivity index (χ2n) is 17.0. The monoisotopic (exact) mass is 806 g/mol. The number of imide groups is 2. The van der Waals surface area contributed by atoms with Gasteiger partial charge in [-0.15, -0.1) is 0 Å². The number of nitrogens with one attached hydrogen (secondary N) is 2. The van der Waals surface area contributed by atoms with E-state index in [1.54, 1.807) is 31.1 Å². The molecule has 0 bridgehead atoms. The van der Waals surface area contributed by atoms with Crippen LogP contribution in [0.25, 0.3) is 33.5 Å². The number of aromatic amines is 1. The molecule has 4 aliphatic heterocycles. The van der Waals surface area contributed by atoms with Crippen molar-refractivity contribution >= 4 is 46.4 Å². The Morgan fingerprint density at radius 1 is 0.817 bits per heavy atom. The lowest BCUT2D eigenvalue weighted by molar-refractivity contribution is -0.136. The smallest absolute Gasteiger partial charge is 0.262 e. The van der Waals surface area contributed by atoms with Crippen molar-refractivity contribution in [3.63, 3.8) is 0 Å². The van der Waals surface area contributed by atoms with Crippen molar-refractivity contribution in [2.24, 2.45) is 5.92 Å². The van der Waals surface area contributed by atoms with Crippen molar-refractivity contribution in [1.29, 1.82) is 0 Å². The molecule has 0 aliphatic carbocycles. The standard InChI is InChI=1S/C47H50N8O5/c1-28-24-33(8-10-35(28)45(58)52(2)3)38-26-48-43-42(38)50-39(27-49-43)32-6-4-30(5-7-32)31-17-20-53(21-18-31)19-14-29-15-22-54(23-16-29)34-9-11-36-37(25-34)47(60)55(46(36)59)40-12-13-41(56)51-44(40)57/h4-11,24-27,29,31,40H,12-23H2,1-3H3,(H,48,49)(H,51,56,57). The average molecular weight is 807 g/mol. The Balaban J connectivity index is 0.753. The van der Waals surface area contributed by atoms with Crippen molar-refractivity contribution in [3.8, 4) is 22.4 Å². The van der Waals surface area contributed by atoms with E-state index in [2.05, 4.69) is 44.4 Å². The molecule has 4 aliphatic rings. The van der Waals surface area contributed by atoms with Crippen molar-refractivity contribution in [2.45, 2.75) is 63.8 Å². The Hall–Kier alpha value is -6.21. The molecule has 0 saturated carbocycles. The summed E-state index contributed by atoms with van der Waals surface area (Å²) in [4.78, 5) is 83.7. The van der Waals surface area contributed by atoms with Crippen LogP contribution in [0.4, 0.5) is 5.69 Å². The number of hydrogen-bond acceptors (Lipinski definition) is 9. The fourth-order valence-electron chi connectivity index (χ4n) is 9.48. The normalized spacial score (nSPS) is 19.3. The first-order valence-corrected chi connectivity index (χ1v) is 21.1. The Kier molecular flexibility index (Phi) is 10.5. The quantitative estimate of drug-likeness (QED) is 0.166. The molecule has 5 amide bonds. The number of amides is 5. The SMILES string of the molecule is Cc1cc(-c2c[nH]c3ncc(-c4ccc(C5CCN(CCC6CCN(c7ccc8c(c7)C(=O)N(C7CCC(=O)NC7=O)C8=O)CC6)CC5)cc4)nc23)ccc1C(=O)N(C)C. The van der Waals surface area contributed by atoms with Gasteiger partial charge in [-0.1, -0.05) is 36.4 Å². The largest absolute Gasteiger partial charge is 0.371 e. The Bertz CT molecular complexity index is 2510. The zero-order valence-electron chi connectivity index (χ0n) is 34.4. The van der Waals surface area contributed by atoms with E-state index >= 15 is 0 Å². The Labute approximate surface area is 349 Å². The van der Waals surface area contributed by atoms with Crippen LogP contribution in [-0.4, -0.2) is 112 Å². The van der Waals surface area contributed by atoms with Crippen molar-refractivity contribution < 1.29 is 24.0 Å². The van der Waals surface area contributed by atoms with Crippen LogP contribution in [0, 0.1) is 12.8 Å². The summed E-state index contributed by atoms with van der Waals surface area (Å²) in [6.45, 7) is 7.02. The first-order chi connectivity index (χ1) is 29.0. The van der Waals surface area contributed by atoms with Gasteiger partial charge in [-0.2, -0.15) is 0 Å². The molecule has 1 unspecified atom stereocenters. The summed E-state index contributed by atoms with van der Waals surface area (Å²) in [5.41, 5.74) is 9.87. The van der Waals surface area contributed by atoms with E-state index in [9.17, 15) is 24.0 Å². The van der Waals surface area contributed by atoms with Crippen LogP contribution in [0.1, 0.15) is 93.1 Å². The summed E-state index contributed by atoms with van der Waals surface area (Å²) in [5.74, 6) is -0.763. The maximum atomic E-state index is 13.3. The van der Waals surface area contributed by atoms with Gasteiger partial charge < -0.3 is 19.7 Å². The second-order valence-corrected chi connectivity index (χ2v) is 17.0. The molecule has 6 heterocycles. The number of H-pyrrole nitrogens is 1. The zero-order chi connectivity index (χ0) is 41.7. The minimum absolute atomic E-state index is 0.0139. The molecule has 2 N–H and O–H groups in total. The number of rotatable bonds is 9. The number of fused-ring (bicyclic) bond motifs is 2. The summed E-state index contributed by atoms with van der Waals surface area (Å²) < 4.78 is 0. The first-order valence-electron chi connectivity index (χ1n) is 21.1. The van der Waals surface area contributed by atoms with Gasteiger partial charge in [0.1, 0.15) is 11.6 Å². The molecular formula is C47H50N8O5. The molecule has 3 saturated heterocycles. The number of piperidine rings is 3. The van der Waals surface area contributed by atoms with Gasteiger partial charge in [-0.05, 0) is 118 Å². The predicted octanol–water partition coefficient (Wildman–Crippen LogP) is 6.19. The number of carbonyl (C=O) groups excluding carboxylic acids is 5. The van der Waals surface area contributed by atoms with Crippen molar-refractivity contribution in [2.75, 3.05) is 51.7 Å². The van der Waals surface area contributed by atoms with E-state index in [1.807, 2.05) is 43.6 Å². The summed E-state index contributed by atoms with van der Waals surface area (Å²) in [6, 6.07) is 19.2. The highest BCUT2D eigenvalue weighted by Gasteiger charge is 2.45. The highest BCUT2D eigenvalue weighted by molar-refractivity contribution is 6.23. The van der Waals surface area contributed by atoms with Gasteiger partial charge in [-0.3, -0.25) is 34.2 Å². The number of hydrogen-bond donors (Lipinski definition) is 2. The van der Waals surface area contributed by atoms with Crippen LogP contribution in [0.2, 0.25) is 0 Å². The van der Waals surface area contributed by atoms with Crippen LogP contribution < -0.4 is 10.2 Å². The maximum Gasteiger partial charge on any atom is 0.262 e. The zero-order valence-corrected chi connectivity index (χ0v) is 34.4. The van der Waals surface area contributed by atoms with Gasteiger partial charge in [0.2, 0.25) is 11.8 Å². The number of likely N-dealkylation sites (tertiary alicyclic amines) is 1. The summed E-state index contributed by atoms with van der Waals surface area (Å²) in [5, 5.41) is 2.26. The van der Waals surface area contributed by atoms with E-state index in [-0.39, 0.29) is 24.7 Å². The fourth-order valence-corrected chi connectivity index (χ4v) is 9.48. The molecule has 13 heteroatoms. The number of aryl methyl sites for hydroxylation is 1. The molecular weight excluding hydrogens is 757 g/mol.